The Morgan fingerprint density at radius 2 is 2.20 bits per heavy atom. The Morgan fingerprint density at radius 1 is 1.40 bits per heavy atom. The fourth-order valence-corrected chi connectivity index (χ4v) is 1.31. The van der Waals surface area contributed by atoms with E-state index in [0.29, 0.717) is 11.6 Å². The van der Waals surface area contributed by atoms with E-state index < -0.39 is 0 Å². The van der Waals surface area contributed by atoms with Gasteiger partial charge in [-0.2, -0.15) is 5.10 Å². The summed E-state index contributed by atoms with van der Waals surface area (Å²) in [6.07, 6.45) is 3.57. The van der Waals surface area contributed by atoms with Gasteiger partial charge in [-0.3, -0.25) is 4.68 Å². The van der Waals surface area contributed by atoms with Gasteiger partial charge in [-0.25, -0.2) is 15.8 Å². The van der Waals surface area contributed by atoms with Crippen molar-refractivity contribution >= 4 is 5.82 Å². The monoisotopic (exact) mass is 204 g/mol. The van der Waals surface area contributed by atoms with Crippen molar-refractivity contribution in [1.29, 1.82) is 0 Å². The molecule has 0 saturated carbocycles. The highest BCUT2D eigenvalue weighted by molar-refractivity contribution is 5.55. The van der Waals surface area contributed by atoms with E-state index in [4.69, 9.17) is 5.84 Å². The average molecular weight is 204 g/mol. The summed E-state index contributed by atoms with van der Waals surface area (Å²) in [5, 5.41) is 4.06. The fourth-order valence-electron chi connectivity index (χ4n) is 1.31. The van der Waals surface area contributed by atoms with E-state index in [1.807, 2.05) is 20.2 Å². The predicted molar refractivity (Wildman–Crippen MR) is 56.8 cm³/mol. The highest BCUT2D eigenvalue weighted by Gasteiger charge is 2.05. The molecule has 0 aliphatic carbocycles. The minimum absolute atomic E-state index is 0.598. The Labute approximate surface area is 87.1 Å². The topological polar surface area (TPSA) is 81.6 Å². The first-order chi connectivity index (χ1) is 7.19. The highest BCUT2D eigenvalue weighted by Crippen LogP contribution is 2.16. The zero-order chi connectivity index (χ0) is 10.8. The molecule has 78 valence electrons. The van der Waals surface area contributed by atoms with Crippen molar-refractivity contribution < 1.29 is 0 Å². The molecule has 0 radical (unpaired) electrons. The lowest BCUT2D eigenvalue weighted by molar-refractivity contribution is 0.768. The zero-order valence-electron chi connectivity index (χ0n) is 8.60. The van der Waals surface area contributed by atoms with Gasteiger partial charge in [0.25, 0.3) is 0 Å². The first-order valence-electron chi connectivity index (χ1n) is 4.50. The van der Waals surface area contributed by atoms with Gasteiger partial charge in [0, 0.05) is 25.0 Å². The van der Waals surface area contributed by atoms with Gasteiger partial charge in [-0.05, 0) is 6.92 Å². The number of nitrogens with two attached hydrogens (primary N) is 1. The molecule has 0 saturated heterocycles. The molecule has 6 heteroatoms. The summed E-state index contributed by atoms with van der Waals surface area (Å²) in [6.45, 7) is 1.89. The maximum atomic E-state index is 5.31. The number of anilines is 1. The first kappa shape index (κ1) is 9.60. The number of nitrogens with zero attached hydrogens (tertiary/aromatic N) is 4. The molecule has 2 aromatic heterocycles. The second-order valence-electron chi connectivity index (χ2n) is 3.27. The molecule has 0 atom stereocenters. The molecule has 0 aromatic carbocycles. The van der Waals surface area contributed by atoms with Crippen molar-refractivity contribution in [2.75, 3.05) is 5.43 Å². The maximum absolute atomic E-state index is 5.31. The number of hydrazine groups is 1. The molecule has 6 nitrogen and oxygen atoms in total. The highest BCUT2D eigenvalue weighted by atomic mass is 15.3. The van der Waals surface area contributed by atoms with Crippen LogP contribution in [-0.4, -0.2) is 19.7 Å². The Morgan fingerprint density at radius 3 is 2.80 bits per heavy atom. The van der Waals surface area contributed by atoms with Gasteiger partial charge >= 0.3 is 0 Å². The molecule has 2 aromatic rings. The van der Waals surface area contributed by atoms with E-state index in [1.165, 1.54) is 0 Å². The van der Waals surface area contributed by atoms with Gasteiger partial charge in [0.05, 0.1) is 11.8 Å². The minimum atomic E-state index is 0.598. The largest absolute Gasteiger partial charge is 0.308 e. The van der Waals surface area contributed by atoms with Gasteiger partial charge in [0.1, 0.15) is 5.82 Å². The van der Waals surface area contributed by atoms with Crippen LogP contribution < -0.4 is 11.3 Å². The predicted octanol–water partition coefficient (Wildman–Crippen LogP) is 0.471. The van der Waals surface area contributed by atoms with E-state index >= 15 is 0 Å². The summed E-state index contributed by atoms with van der Waals surface area (Å²) in [4.78, 5) is 8.54. The van der Waals surface area contributed by atoms with Crippen LogP contribution in [0.25, 0.3) is 11.4 Å². The quantitative estimate of drug-likeness (QED) is 0.549. The molecule has 0 unspecified atom stereocenters. The van der Waals surface area contributed by atoms with Crippen molar-refractivity contribution in [3.63, 3.8) is 0 Å². The van der Waals surface area contributed by atoms with Gasteiger partial charge in [0.2, 0.25) is 0 Å². The van der Waals surface area contributed by atoms with Crippen molar-refractivity contribution in [1.82, 2.24) is 19.7 Å². The fraction of sp³-hybridized carbons (Fsp3) is 0.222. The number of hydrogen-bond acceptors (Lipinski definition) is 5. The van der Waals surface area contributed by atoms with Crippen molar-refractivity contribution in [2.45, 2.75) is 6.92 Å². The van der Waals surface area contributed by atoms with E-state index in [0.717, 1.165) is 11.3 Å². The number of aryl methyl sites for hydroxylation is 2. The summed E-state index contributed by atoms with van der Waals surface area (Å²) in [5.41, 5.74) is 4.24. The van der Waals surface area contributed by atoms with Crippen LogP contribution in [0.3, 0.4) is 0 Å². The third-order valence-electron chi connectivity index (χ3n) is 1.97. The van der Waals surface area contributed by atoms with Gasteiger partial charge in [0.15, 0.2) is 5.82 Å². The molecule has 15 heavy (non-hydrogen) atoms. The molecule has 0 amide bonds. The van der Waals surface area contributed by atoms with Crippen LogP contribution in [0, 0.1) is 6.92 Å². The molecule has 3 N–H and O–H groups in total. The van der Waals surface area contributed by atoms with Crippen LogP contribution in [0.5, 0.6) is 0 Å². The van der Waals surface area contributed by atoms with Gasteiger partial charge < -0.3 is 5.43 Å². The van der Waals surface area contributed by atoms with Crippen molar-refractivity contribution in [2.24, 2.45) is 12.9 Å². The lowest BCUT2D eigenvalue weighted by Gasteiger charge is -2.02. The smallest absolute Gasteiger partial charge is 0.164 e. The van der Waals surface area contributed by atoms with E-state index in [9.17, 15) is 0 Å². The van der Waals surface area contributed by atoms with Crippen LogP contribution in [-0.2, 0) is 7.05 Å². The van der Waals surface area contributed by atoms with Crippen LogP contribution in [0.2, 0.25) is 0 Å². The molecule has 0 bridgehead atoms. The standard InChI is InChI=1S/C9H12N6/c1-6-3-8(14-10)13-9(12-6)7-4-11-15(2)5-7/h3-5H,10H2,1-2H3,(H,12,13,14). The third kappa shape index (κ3) is 1.94. The summed E-state index contributed by atoms with van der Waals surface area (Å²) in [6, 6.07) is 1.78. The summed E-state index contributed by atoms with van der Waals surface area (Å²) in [5.74, 6) is 6.53. The first-order valence-corrected chi connectivity index (χ1v) is 4.50. The summed E-state index contributed by atoms with van der Waals surface area (Å²) < 4.78 is 1.70. The van der Waals surface area contributed by atoms with Crippen LogP contribution in [0.15, 0.2) is 18.5 Å². The maximum Gasteiger partial charge on any atom is 0.164 e. The summed E-state index contributed by atoms with van der Waals surface area (Å²) >= 11 is 0. The van der Waals surface area contributed by atoms with Crippen LogP contribution in [0.4, 0.5) is 5.82 Å². The molecule has 0 aliphatic heterocycles. The number of rotatable bonds is 2. The lowest BCUT2D eigenvalue weighted by atomic mass is 10.3. The Kier molecular flexibility index (Phi) is 2.34. The molecule has 0 aliphatic rings. The Bertz CT molecular complexity index is 475. The van der Waals surface area contributed by atoms with Crippen LogP contribution >= 0.6 is 0 Å². The normalized spacial score (nSPS) is 10.3. The van der Waals surface area contributed by atoms with E-state index in [1.54, 1.807) is 16.9 Å². The second kappa shape index (κ2) is 3.66. The van der Waals surface area contributed by atoms with Crippen molar-refractivity contribution in [3.05, 3.63) is 24.2 Å². The lowest BCUT2D eigenvalue weighted by Crippen LogP contribution is -2.09. The molecular weight excluding hydrogens is 192 g/mol. The Hall–Kier alpha value is -1.95. The molecule has 2 heterocycles. The van der Waals surface area contributed by atoms with Crippen molar-refractivity contribution in [3.8, 4) is 11.4 Å². The van der Waals surface area contributed by atoms with Gasteiger partial charge in [-0.1, -0.05) is 0 Å². The molecule has 2 rings (SSSR count). The number of aromatic nitrogens is 4. The van der Waals surface area contributed by atoms with Gasteiger partial charge in [-0.15, -0.1) is 0 Å². The molecular formula is C9H12N6. The number of nitrogens with one attached hydrogen (secondary N) is 1. The zero-order valence-corrected chi connectivity index (χ0v) is 8.60. The van der Waals surface area contributed by atoms with Crippen LogP contribution in [0.1, 0.15) is 5.69 Å². The molecule has 0 fully saturated rings. The molecule has 0 spiro atoms. The number of hydrogen-bond donors (Lipinski definition) is 2. The Balaban J connectivity index is 2.48. The SMILES string of the molecule is Cc1cc(NN)nc(-c2cnn(C)c2)n1. The number of nitrogen functional groups attached to an aromatic ring is 1. The second-order valence-corrected chi connectivity index (χ2v) is 3.27. The van der Waals surface area contributed by atoms with E-state index in [-0.39, 0.29) is 0 Å². The van der Waals surface area contributed by atoms with E-state index in [2.05, 4.69) is 20.5 Å². The third-order valence-corrected chi connectivity index (χ3v) is 1.97. The summed E-state index contributed by atoms with van der Waals surface area (Å²) in [7, 11) is 1.85. The average Bonchev–Trinajstić information content (AvgIpc) is 2.64. The minimum Gasteiger partial charge on any atom is -0.308 e.